The van der Waals surface area contributed by atoms with Crippen molar-refractivity contribution in [3.8, 4) is 0 Å². The average molecular weight is 392 g/mol. The monoisotopic (exact) mass is 391 g/mol. The van der Waals surface area contributed by atoms with Gasteiger partial charge in [0.1, 0.15) is 0 Å². The van der Waals surface area contributed by atoms with Crippen molar-refractivity contribution in [1.29, 1.82) is 0 Å². The summed E-state index contributed by atoms with van der Waals surface area (Å²) in [6, 6.07) is 9.53. The summed E-state index contributed by atoms with van der Waals surface area (Å²) in [5, 5.41) is 6.70. The number of rotatable bonds is 6. The number of benzene rings is 1. The van der Waals surface area contributed by atoms with Crippen molar-refractivity contribution in [3.05, 3.63) is 35.4 Å². The summed E-state index contributed by atoms with van der Waals surface area (Å²) in [7, 11) is 0. The van der Waals surface area contributed by atoms with E-state index in [1.165, 1.54) is 12.8 Å². The molecule has 3 aliphatic heterocycles. The first-order chi connectivity index (χ1) is 12.7. The van der Waals surface area contributed by atoms with E-state index in [9.17, 15) is 9.59 Å². The molecular weight excluding hydrogens is 362 g/mol. The summed E-state index contributed by atoms with van der Waals surface area (Å²) in [4.78, 5) is 25.9. The summed E-state index contributed by atoms with van der Waals surface area (Å²) < 4.78 is 0. The number of nitrogens with one attached hydrogen (secondary N) is 2. The van der Waals surface area contributed by atoms with Crippen molar-refractivity contribution in [2.24, 2.45) is 5.92 Å². The maximum atomic E-state index is 12.3. The average Bonchev–Trinajstić information content (AvgIpc) is 3.19. The third-order valence-corrected chi connectivity index (χ3v) is 6.10. The standard InChI is InChI=1S/C21H29N3O2.ClH/c25-20(12-17-10-18-7-8-19(11-17)23-18)22-13-15-3-5-16(6-4-15)14-24-9-1-2-21(24)26;/h3-6,17-19,23H,1-2,7-14H2,(H,22,25);1H. The van der Waals surface area contributed by atoms with E-state index in [4.69, 9.17) is 0 Å². The molecule has 2 bridgehead atoms. The third-order valence-electron chi connectivity index (χ3n) is 6.10. The largest absolute Gasteiger partial charge is 0.352 e. The van der Waals surface area contributed by atoms with E-state index in [1.54, 1.807) is 0 Å². The Balaban J connectivity index is 0.00000210. The van der Waals surface area contributed by atoms with Crippen LogP contribution in [0.3, 0.4) is 0 Å². The molecule has 0 aromatic heterocycles. The maximum Gasteiger partial charge on any atom is 0.222 e. The highest BCUT2D eigenvalue weighted by atomic mass is 35.5. The van der Waals surface area contributed by atoms with Crippen LogP contribution in [0.2, 0.25) is 0 Å². The Bertz CT molecular complexity index is 652. The topological polar surface area (TPSA) is 61.4 Å². The molecule has 5 nitrogen and oxygen atoms in total. The van der Waals surface area contributed by atoms with Gasteiger partial charge >= 0.3 is 0 Å². The molecular formula is C21H30ClN3O2. The lowest BCUT2D eigenvalue weighted by Gasteiger charge is -2.28. The molecule has 3 aliphatic rings. The number of hydrogen-bond acceptors (Lipinski definition) is 3. The summed E-state index contributed by atoms with van der Waals surface area (Å²) >= 11 is 0. The van der Waals surface area contributed by atoms with Crippen LogP contribution in [0.1, 0.15) is 56.1 Å². The van der Waals surface area contributed by atoms with Crippen molar-refractivity contribution in [1.82, 2.24) is 15.5 Å². The van der Waals surface area contributed by atoms with Crippen LogP contribution in [0.4, 0.5) is 0 Å². The molecule has 0 spiro atoms. The molecule has 2 N–H and O–H groups in total. The summed E-state index contributed by atoms with van der Waals surface area (Å²) in [6.45, 7) is 2.15. The zero-order valence-corrected chi connectivity index (χ0v) is 16.6. The van der Waals surface area contributed by atoms with E-state index in [0.717, 1.165) is 36.9 Å². The van der Waals surface area contributed by atoms with Crippen LogP contribution >= 0.6 is 12.4 Å². The molecule has 0 saturated carbocycles. The number of amides is 2. The number of fused-ring (bicyclic) bond motifs is 2. The lowest BCUT2D eigenvalue weighted by molar-refractivity contribution is -0.128. The summed E-state index contributed by atoms with van der Waals surface area (Å²) in [6.07, 6.45) is 7.16. The molecule has 4 rings (SSSR count). The Kier molecular flexibility index (Phi) is 6.77. The SMILES string of the molecule is Cl.O=C(CC1CC2CCC(C1)N2)NCc1ccc(CN2CCCC2=O)cc1. The Morgan fingerprint density at radius 1 is 1.11 bits per heavy atom. The second kappa shape index (κ2) is 9.07. The van der Waals surface area contributed by atoms with Gasteiger partial charge in [-0.1, -0.05) is 24.3 Å². The lowest BCUT2D eigenvalue weighted by Crippen LogP contribution is -2.39. The minimum atomic E-state index is 0. The van der Waals surface area contributed by atoms with Gasteiger partial charge in [-0.25, -0.2) is 0 Å². The van der Waals surface area contributed by atoms with Crippen molar-refractivity contribution in [3.63, 3.8) is 0 Å². The molecule has 1 aromatic carbocycles. The van der Waals surface area contributed by atoms with Gasteiger partial charge in [0.05, 0.1) is 0 Å². The fourth-order valence-corrected chi connectivity index (χ4v) is 4.73. The zero-order chi connectivity index (χ0) is 17.9. The normalized spacial score (nSPS) is 26.7. The molecule has 0 radical (unpaired) electrons. The van der Waals surface area contributed by atoms with E-state index >= 15 is 0 Å². The first-order valence-corrected chi connectivity index (χ1v) is 10.0. The maximum absolute atomic E-state index is 12.3. The van der Waals surface area contributed by atoms with Crippen molar-refractivity contribution in [2.75, 3.05) is 6.54 Å². The van der Waals surface area contributed by atoms with E-state index in [1.807, 2.05) is 4.90 Å². The van der Waals surface area contributed by atoms with Gasteiger partial charge in [0.2, 0.25) is 11.8 Å². The highest BCUT2D eigenvalue weighted by molar-refractivity contribution is 5.85. The zero-order valence-electron chi connectivity index (χ0n) is 15.8. The van der Waals surface area contributed by atoms with Gasteiger partial charge in [-0.15, -0.1) is 12.4 Å². The van der Waals surface area contributed by atoms with Gasteiger partial charge in [-0.05, 0) is 49.1 Å². The molecule has 2 atom stereocenters. The summed E-state index contributed by atoms with van der Waals surface area (Å²) in [5.41, 5.74) is 2.26. The van der Waals surface area contributed by atoms with E-state index < -0.39 is 0 Å². The number of nitrogens with zero attached hydrogens (tertiary/aromatic N) is 1. The number of likely N-dealkylation sites (tertiary alicyclic amines) is 1. The quantitative estimate of drug-likeness (QED) is 0.783. The van der Waals surface area contributed by atoms with E-state index in [-0.39, 0.29) is 24.2 Å². The Labute approximate surface area is 167 Å². The molecule has 1 aromatic rings. The molecule has 3 saturated heterocycles. The Morgan fingerprint density at radius 2 is 1.78 bits per heavy atom. The van der Waals surface area contributed by atoms with Crippen LogP contribution in [-0.2, 0) is 22.7 Å². The van der Waals surface area contributed by atoms with Gasteiger partial charge in [0.15, 0.2) is 0 Å². The molecule has 0 aliphatic carbocycles. The van der Waals surface area contributed by atoms with Crippen LogP contribution in [0.5, 0.6) is 0 Å². The molecule has 148 valence electrons. The van der Waals surface area contributed by atoms with Crippen LogP contribution in [-0.4, -0.2) is 35.3 Å². The van der Waals surface area contributed by atoms with E-state index in [0.29, 0.717) is 43.9 Å². The Morgan fingerprint density at radius 3 is 2.41 bits per heavy atom. The van der Waals surface area contributed by atoms with Crippen LogP contribution in [0, 0.1) is 5.92 Å². The van der Waals surface area contributed by atoms with Crippen LogP contribution < -0.4 is 10.6 Å². The molecule has 3 heterocycles. The lowest BCUT2D eigenvalue weighted by atomic mass is 9.89. The first-order valence-electron chi connectivity index (χ1n) is 10.0. The van der Waals surface area contributed by atoms with Gasteiger partial charge in [-0.3, -0.25) is 9.59 Å². The highest BCUT2D eigenvalue weighted by Gasteiger charge is 2.34. The predicted octanol–water partition coefficient (Wildman–Crippen LogP) is 2.77. The summed E-state index contributed by atoms with van der Waals surface area (Å²) in [5.74, 6) is 0.963. The van der Waals surface area contributed by atoms with Crippen molar-refractivity contribution >= 4 is 24.2 Å². The second-order valence-corrected chi connectivity index (χ2v) is 8.19. The number of carbonyl (C=O) groups is 2. The molecule has 6 heteroatoms. The molecule has 2 amide bonds. The Hall–Kier alpha value is -1.59. The van der Waals surface area contributed by atoms with Gasteiger partial charge in [-0.2, -0.15) is 0 Å². The molecule has 3 fully saturated rings. The minimum absolute atomic E-state index is 0. The fourth-order valence-electron chi connectivity index (χ4n) is 4.73. The van der Waals surface area contributed by atoms with Crippen LogP contribution in [0.15, 0.2) is 24.3 Å². The first kappa shape index (κ1) is 20.2. The van der Waals surface area contributed by atoms with Gasteiger partial charge in [0, 0.05) is 44.6 Å². The molecule has 2 unspecified atom stereocenters. The number of piperidine rings is 1. The predicted molar refractivity (Wildman–Crippen MR) is 107 cm³/mol. The second-order valence-electron chi connectivity index (χ2n) is 8.19. The number of halogens is 1. The van der Waals surface area contributed by atoms with Gasteiger partial charge < -0.3 is 15.5 Å². The van der Waals surface area contributed by atoms with Crippen LogP contribution in [0.25, 0.3) is 0 Å². The molecule has 27 heavy (non-hydrogen) atoms. The minimum Gasteiger partial charge on any atom is -0.352 e. The number of carbonyl (C=O) groups excluding carboxylic acids is 2. The smallest absolute Gasteiger partial charge is 0.222 e. The third kappa shape index (κ3) is 5.23. The van der Waals surface area contributed by atoms with Crippen molar-refractivity contribution in [2.45, 2.75) is 70.1 Å². The van der Waals surface area contributed by atoms with Gasteiger partial charge in [0.25, 0.3) is 0 Å². The highest BCUT2D eigenvalue weighted by Crippen LogP contribution is 2.32. The van der Waals surface area contributed by atoms with E-state index in [2.05, 4.69) is 34.9 Å². The number of hydrogen-bond donors (Lipinski definition) is 2. The van der Waals surface area contributed by atoms with Crippen molar-refractivity contribution < 1.29 is 9.59 Å². The fraction of sp³-hybridized carbons (Fsp3) is 0.619.